The molecule has 1 N–H and O–H groups in total. The van der Waals surface area contributed by atoms with Crippen molar-refractivity contribution in [3.05, 3.63) is 58.1 Å². The van der Waals surface area contributed by atoms with Crippen LogP contribution >= 0.6 is 23.2 Å². The first kappa shape index (κ1) is 16.7. The molecule has 2 rings (SSSR count). The molecule has 0 heterocycles. The van der Waals surface area contributed by atoms with Gasteiger partial charge in [-0.05, 0) is 36.2 Å². The highest BCUT2D eigenvalue weighted by atomic mass is 35.5. The fourth-order valence-electron chi connectivity index (χ4n) is 1.72. The number of hydrazone groups is 1. The van der Waals surface area contributed by atoms with Crippen LogP contribution in [0.25, 0.3) is 0 Å². The highest BCUT2D eigenvalue weighted by molar-refractivity contribution is 6.42. The van der Waals surface area contributed by atoms with Gasteiger partial charge in [0.2, 0.25) is 0 Å². The minimum atomic E-state index is 0.472. The third-order valence-corrected chi connectivity index (χ3v) is 3.55. The maximum atomic E-state index is 5.96. The first-order valence-electron chi connectivity index (χ1n) is 7.02. The van der Waals surface area contributed by atoms with E-state index in [2.05, 4.69) is 24.4 Å². The number of anilines is 1. The van der Waals surface area contributed by atoms with Crippen LogP contribution in [-0.4, -0.2) is 12.8 Å². The maximum Gasteiger partial charge on any atom is 0.128 e. The van der Waals surface area contributed by atoms with Gasteiger partial charge in [0, 0.05) is 5.56 Å². The van der Waals surface area contributed by atoms with Gasteiger partial charge in [0.1, 0.15) is 5.75 Å². The van der Waals surface area contributed by atoms with E-state index in [0.717, 1.165) is 17.0 Å². The molecule has 0 aliphatic carbocycles. The van der Waals surface area contributed by atoms with Gasteiger partial charge < -0.3 is 4.74 Å². The van der Waals surface area contributed by atoms with Crippen LogP contribution in [-0.2, 0) is 0 Å². The largest absolute Gasteiger partial charge is 0.493 e. The van der Waals surface area contributed by atoms with Crippen molar-refractivity contribution in [1.29, 1.82) is 0 Å². The predicted molar refractivity (Wildman–Crippen MR) is 94.5 cm³/mol. The third-order valence-electron chi connectivity index (χ3n) is 2.81. The summed E-state index contributed by atoms with van der Waals surface area (Å²) in [6, 6.07) is 13.0. The van der Waals surface area contributed by atoms with Crippen LogP contribution in [0.2, 0.25) is 10.0 Å². The lowest BCUT2D eigenvalue weighted by molar-refractivity contribution is 0.271. The fourth-order valence-corrected chi connectivity index (χ4v) is 2.02. The van der Waals surface area contributed by atoms with Crippen molar-refractivity contribution in [1.82, 2.24) is 0 Å². The Morgan fingerprint density at radius 1 is 1.14 bits per heavy atom. The Bertz CT molecular complexity index is 657. The van der Waals surface area contributed by atoms with Gasteiger partial charge in [-0.15, -0.1) is 0 Å². The van der Waals surface area contributed by atoms with Gasteiger partial charge in [-0.25, -0.2) is 0 Å². The van der Waals surface area contributed by atoms with E-state index in [1.165, 1.54) is 0 Å². The Labute approximate surface area is 140 Å². The second-order valence-corrected chi connectivity index (χ2v) is 6.06. The van der Waals surface area contributed by atoms with Gasteiger partial charge in [0.05, 0.1) is 28.6 Å². The Morgan fingerprint density at radius 2 is 1.91 bits per heavy atom. The number of hydrogen-bond donors (Lipinski definition) is 1. The number of para-hydroxylation sites is 1. The number of rotatable bonds is 6. The third kappa shape index (κ3) is 4.93. The monoisotopic (exact) mass is 336 g/mol. The summed E-state index contributed by atoms with van der Waals surface area (Å²) in [5, 5.41) is 5.22. The van der Waals surface area contributed by atoms with E-state index in [4.69, 9.17) is 27.9 Å². The number of nitrogens with zero attached hydrogens (tertiary/aromatic N) is 1. The summed E-state index contributed by atoms with van der Waals surface area (Å²) in [7, 11) is 0. The zero-order valence-electron chi connectivity index (χ0n) is 12.5. The molecule has 0 aliphatic rings. The molecule has 0 amide bonds. The summed E-state index contributed by atoms with van der Waals surface area (Å²) in [6.45, 7) is 4.90. The van der Waals surface area contributed by atoms with Crippen LogP contribution in [0.5, 0.6) is 5.75 Å². The van der Waals surface area contributed by atoms with Gasteiger partial charge in [-0.1, -0.05) is 49.2 Å². The number of ether oxygens (including phenoxy) is 1. The zero-order chi connectivity index (χ0) is 15.9. The van der Waals surface area contributed by atoms with E-state index in [-0.39, 0.29) is 0 Å². The smallest absolute Gasteiger partial charge is 0.128 e. The van der Waals surface area contributed by atoms with Gasteiger partial charge in [-0.3, -0.25) is 5.43 Å². The number of hydrogen-bond acceptors (Lipinski definition) is 3. The quantitative estimate of drug-likeness (QED) is 0.560. The van der Waals surface area contributed by atoms with Crippen molar-refractivity contribution in [2.45, 2.75) is 13.8 Å². The molecule has 5 heteroatoms. The fraction of sp³-hybridized carbons (Fsp3) is 0.235. The van der Waals surface area contributed by atoms with E-state index in [0.29, 0.717) is 22.6 Å². The molecular formula is C17H18Cl2N2O. The molecule has 0 saturated carbocycles. The van der Waals surface area contributed by atoms with Crippen molar-refractivity contribution in [3.8, 4) is 5.75 Å². The summed E-state index contributed by atoms with van der Waals surface area (Å²) in [5.41, 5.74) is 4.61. The molecule has 0 atom stereocenters. The van der Waals surface area contributed by atoms with Gasteiger partial charge in [0.25, 0.3) is 0 Å². The van der Waals surface area contributed by atoms with Crippen LogP contribution in [0.3, 0.4) is 0 Å². The minimum absolute atomic E-state index is 0.472. The number of nitrogens with one attached hydrogen (secondary N) is 1. The Kier molecular flexibility index (Phi) is 6.10. The summed E-state index contributed by atoms with van der Waals surface area (Å²) >= 11 is 11.8. The lowest BCUT2D eigenvalue weighted by atomic mass is 10.2. The van der Waals surface area contributed by atoms with Gasteiger partial charge >= 0.3 is 0 Å². The molecule has 2 aromatic carbocycles. The molecule has 0 radical (unpaired) electrons. The Hall–Kier alpha value is -1.71. The molecule has 0 aliphatic heterocycles. The Morgan fingerprint density at radius 3 is 2.64 bits per heavy atom. The second kappa shape index (κ2) is 8.06. The molecule has 0 saturated heterocycles. The lowest BCUT2D eigenvalue weighted by Gasteiger charge is -2.10. The molecule has 0 bridgehead atoms. The summed E-state index contributed by atoms with van der Waals surface area (Å²) < 4.78 is 5.78. The molecule has 0 fully saturated rings. The molecule has 116 valence electrons. The second-order valence-electron chi connectivity index (χ2n) is 5.24. The molecular weight excluding hydrogens is 319 g/mol. The normalized spacial score (nSPS) is 11.1. The van der Waals surface area contributed by atoms with Crippen molar-refractivity contribution in [3.63, 3.8) is 0 Å². The predicted octanol–water partition coefficient (Wildman–Crippen LogP) is 5.47. The minimum Gasteiger partial charge on any atom is -0.493 e. The summed E-state index contributed by atoms with van der Waals surface area (Å²) in [5.74, 6) is 1.29. The molecule has 0 aromatic heterocycles. The molecule has 22 heavy (non-hydrogen) atoms. The first-order valence-corrected chi connectivity index (χ1v) is 7.78. The van der Waals surface area contributed by atoms with E-state index in [1.807, 2.05) is 30.3 Å². The van der Waals surface area contributed by atoms with E-state index in [1.54, 1.807) is 18.3 Å². The average Bonchev–Trinajstić information content (AvgIpc) is 2.50. The summed E-state index contributed by atoms with van der Waals surface area (Å²) in [4.78, 5) is 0. The lowest BCUT2D eigenvalue weighted by Crippen LogP contribution is -2.06. The number of halogens is 2. The van der Waals surface area contributed by atoms with E-state index in [9.17, 15) is 0 Å². The highest BCUT2D eigenvalue weighted by Crippen LogP contribution is 2.25. The van der Waals surface area contributed by atoms with Gasteiger partial charge in [-0.2, -0.15) is 5.10 Å². The van der Waals surface area contributed by atoms with Crippen molar-refractivity contribution in [2.75, 3.05) is 12.0 Å². The molecule has 0 spiro atoms. The molecule has 3 nitrogen and oxygen atoms in total. The van der Waals surface area contributed by atoms with Crippen LogP contribution in [0.4, 0.5) is 5.69 Å². The zero-order valence-corrected chi connectivity index (χ0v) is 14.0. The molecule has 2 aromatic rings. The topological polar surface area (TPSA) is 33.6 Å². The maximum absolute atomic E-state index is 5.96. The summed E-state index contributed by atoms with van der Waals surface area (Å²) in [6.07, 6.45) is 1.72. The van der Waals surface area contributed by atoms with E-state index >= 15 is 0 Å². The van der Waals surface area contributed by atoms with Crippen molar-refractivity contribution >= 4 is 35.1 Å². The first-order chi connectivity index (χ1) is 10.6. The van der Waals surface area contributed by atoms with Gasteiger partial charge in [0.15, 0.2) is 0 Å². The Balaban J connectivity index is 2.04. The SMILES string of the molecule is CC(C)COc1ccccc1C=NNc1ccc(Cl)c(Cl)c1. The number of benzene rings is 2. The highest BCUT2D eigenvalue weighted by Gasteiger charge is 2.02. The van der Waals surface area contributed by atoms with Crippen LogP contribution in [0, 0.1) is 5.92 Å². The van der Waals surface area contributed by atoms with Crippen molar-refractivity contribution in [2.24, 2.45) is 11.0 Å². The standard InChI is InChI=1S/C17H18Cl2N2O/c1-12(2)11-22-17-6-4-3-5-13(17)10-20-21-14-7-8-15(18)16(19)9-14/h3-10,12,21H,11H2,1-2H3. The average molecular weight is 337 g/mol. The van der Waals surface area contributed by atoms with Crippen LogP contribution in [0.1, 0.15) is 19.4 Å². The van der Waals surface area contributed by atoms with E-state index < -0.39 is 0 Å². The van der Waals surface area contributed by atoms with Crippen LogP contribution < -0.4 is 10.2 Å². The van der Waals surface area contributed by atoms with Crippen LogP contribution in [0.15, 0.2) is 47.6 Å². The van der Waals surface area contributed by atoms with Crippen molar-refractivity contribution < 1.29 is 4.74 Å². The molecule has 0 unspecified atom stereocenters.